The fraction of sp³-hybridized carbons (Fsp3) is 0.120. The first-order chi connectivity index (χ1) is 13.6. The Hall–Kier alpha value is -3.30. The van der Waals surface area contributed by atoms with Crippen LogP contribution in [-0.2, 0) is 5.60 Å². The van der Waals surface area contributed by atoms with Crippen molar-refractivity contribution in [1.82, 2.24) is 0 Å². The highest BCUT2D eigenvalue weighted by Gasteiger charge is 2.34. The van der Waals surface area contributed by atoms with Crippen LogP contribution < -0.4 is 9.47 Å². The lowest BCUT2D eigenvalue weighted by molar-refractivity contribution is 0.125. The van der Waals surface area contributed by atoms with E-state index in [4.69, 9.17) is 9.47 Å². The molecule has 0 saturated carbocycles. The molecular formula is C25H22O3. The predicted molar refractivity (Wildman–Crippen MR) is 112 cm³/mol. The summed E-state index contributed by atoms with van der Waals surface area (Å²) in [6.45, 7) is 0. The first kappa shape index (κ1) is 18.1. The van der Waals surface area contributed by atoms with Gasteiger partial charge in [-0.15, -0.1) is 0 Å². The Balaban J connectivity index is 1.92. The van der Waals surface area contributed by atoms with Crippen molar-refractivity contribution in [3.05, 3.63) is 108 Å². The zero-order valence-corrected chi connectivity index (χ0v) is 15.9. The van der Waals surface area contributed by atoms with Crippen LogP contribution >= 0.6 is 0 Å². The summed E-state index contributed by atoms with van der Waals surface area (Å²) in [4.78, 5) is 0. The van der Waals surface area contributed by atoms with Gasteiger partial charge in [0.25, 0.3) is 0 Å². The average molecular weight is 370 g/mol. The van der Waals surface area contributed by atoms with E-state index in [1.807, 2.05) is 78.9 Å². The smallest absolute Gasteiger partial charge is 0.140 e. The molecule has 0 aliphatic rings. The van der Waals surface area contributed by atoms with Crippen molar-refractivity contribution in [2.75, 3.05) is 14.2 Å². The number of benzene rings is 4. The third-order valence-electron chi connectivity index (χ3n) is 5.18. The third-order valence-corrected chi connectivity index (χ3v) is 5.18. The van der Waals surface area contributed by atoms with Gasteiger partial charge in [0, 0.05) is 0 Å². The number of fused-ring (bicyclic) bond motifs is 1. The van der Waals surface area contributed by atoms with Crippen LogP contribution in [0.5, 0.6) is 11.5 Å². The van der Waals surface area contributed by atoms with Crippen LogP contribution in [0.3, 0.4) is 0 Å². The molecule has 0 spiro atoms. The Morgan fingerprint density at radius 2 is 1.04 bits per heavy atom. The molecule has 4 aromatic carbocycles. The molecule has 1 N–H and O–H groups in total. The number of hydrogen-bond acceptors (Lipinski definition) is 3. The normalized spacial score (nSPS) is 11.4. The van der Waals surface area contributed by atoms with Crippen LogP contribution in [0.1, 0.15) is 16.7 Å². The summed E-state index contributed by atoms with van der Waals surface area (Å²) in [5.74, 6) is 1.50. The Kier molecular flexibility index (Phi) is 4.76. The van der Waals surface area contributed by atoms with Gasteiger partial charge in [0.2, 0.25) is 0 Å². The molecular weight excluding hydrogens is 348 g/mol. The van der Waals surface area contributed by atoms with Crippen molar-refractivity contribution < 1.29 is 14.6 Å². The molecule has 28 heavy (non-hydrogen) atoms. The summed E-state index contributed by atoms with van der Waals surface area (Å²) >= 11 is 0. The van der Waals surface area contributed by atoms with Gasteiger partial charge in [-0.2, -0.15) is 0 Å². The molecule has 0 amide bonds. The molecule has 0 radical (unpaired) electrons. The zero-order valence-electron chi connectivity index (χ0n) is 15.9. The van der Waals surface area contributed by atoms with Crippen LogP contribution in [-0.4, -0.2) is 19.3 Å². The minimum atomic E-state index is -1.30. The molecule has 0 fully saturated rings. The Morgan fingerprint density at radius 3 is 1.54 bits per heavy atom. The first-order valence-corrected chi connectivity index (χ1v) is 9.16. The van der Waals surface area contributed by atoms with Gasteiger partial charge >= 0.3 is 0 Å². The van der Waals surface area contributed by atoms with Crippen molar-refractivity contribution in [3.8, 4) is 11.5 Å². The van der Waals surface area contributed by atoms with Crippen molar-refractivity contribution in [1.29, 1.82) is 0 Å². The minimum absolute atomic E-state index is 0.749. The predicted octanol–water partition coefficient (Wildman–Crippen LogP) is 5.14. The molecule has 0 aliphatic heterocycles. The highest BCUT2D eigenvalue weighted by atomic mass is 16.5. The van der Waals surface area contributed by atoms with Crippen LogP contribution in [0, 0.1) is 0 Å². The second-order valence-electron chi connectivity index (χ2n) is 6.73. The van der Waals surface area contributed by atoms with E-state index in [-0.39, 0.29) is 0 Å². The van der Waals surface area contributed by atoms with Gasteiger partial charge in [0.1, 0.15) is 17.1 Å². The third kappa shape index (κ3) is 3.10. The quantitative estimate of drug-likeness (QED) is 0.494. The molecule has 4 rings (SSSR count). The van der Waals surface area contributed by atoms with E-state index in [9.17, 15) is 5.11 Å². The number of hydrogen-bond donors (Lipinski definition) is 1. The van der Waals surface area contributed by atoms with Crippen molar-refractivity contribution in [2.45, 2.75) is 5.60 Å². The maximum Gasteiger partial charge on any atom is 0.140 e. The van der Waals surface area contributed by atoms with Gasteiger partial charge in [-0.1, -0.05) is 60.7 Å². The maximum absolute atomic E-state index is 12.0. The average Bonchev–Trinajstić information content (AvgIpc) is 2.78. The van der Waals surface area contributed by atoms with Gasteiger partial charge in [0.15, 0.2) is 0 Å². The van der Waals surface area contributed by atoms with E-state index < -0.39 is 5.60 Å². The maximum atomic E-state index is 12.0. The molecule has 0 saturated heterocycles. The number of aliphatic hydroxyl groups is 1. The molecule has 4 aromatic rings. The Morgan fingerprint density at radius 1 is 0.571 bits per heavy atom. The molecule has 3 heteroatoms. The van der Waals surface area contributed by atoms with E-state index in [2.05, 4.69) is 12.1 Å². The number of methoxy groups -OCH3 is 2. The zero-order chi connectivity index (χ0) is 19.6. The lowest BCUT2D eigenvalue weighted by Crippen LogP contribution is -2.28. The van der Waals surface area contributed by atoms with Gasteiger partial charge < -0.3 is 14.6 Å². The van der Waals surface area contributed by atoms with E-state index in [0.717, 1.165) is 39.0 Å². The summed E-state index contributed by atoms with van der Waals surface area (Å²) in [5.41, 5.74) is 1.05. The fourth-order valence-electron chi connectivity index (χ4n) is 3.58. The summed E-state index contributed by atoms with van der Waals surface area (Å²) < 4.78 is 10.6. The van der Waals surface area contributed by atoms with E-state index >= 15 is 0 Å². The summed E-state index contributed by atoms with van der Waals surface area (Å²) in [5, 5.41) is 14.3. The number of rotatable bonds is 5. The summed E-state index contributed by atoms with van der Waals surface area (Å²) in [7, 11) is 3.27. The molecule has 0 heterocycles. The van der Waals surface area contributed by atoms with Crippen LogP contribution in [0.4, 0.5) is 0 Å². The fourth-order valence-corrected chi connectivity index (χ4v) is 3.58. The van der Waals surface area contributed by atoms with Crippen LogP contribution in [0.25, 0.3) is 10.8 Å². The van der Waals surface area contributed by atoms with Crippen molar-refractivity contribution >= 4 is 10.8 Å². The molecule has 3 nitrogen and oxygen atoms in total. The van der Waals surface area contributed by atoms with E-state index in [0.29, 0.717) is 0 Å². The summed E-state index contributed by atoms with van der Waals surface area (Å²) in [6.07, 6.45) is 0. The summed E-state index contributed by atoms with van der Waals surface area (Å²) in [6, 6.07) is 29.3. The van der Waals surface area contributed by atoms with Crippen molar-refractivity contribution in [2.24, 2.45) is 0 Å². The second-order valence-corrected chi connectivity index (χ2v) is 6.73. The first-order valence-electron chi connectivity index (χ1n) is 9.16. The van der Waals surface area contributed by atoms with E-state index in [1.54, 1.807) is 14.2 Å². The Labute approximate surface area is 164 Å². The van der Waals surface area contributed by atoms with Gasteiger partial charge in [-0.05, 0) is 57.8 Å². The molecule has 0 bridgehead atoms. The van der Waals surface area contributed by atoms with Crippen LogP contribution in [0.15, 0.2) is 91.0 Å². The SMILES string of the molecule is COc1ccc(C(O)(c2ccc(OC)cc2)c2ccc3ccccc3c2)cc1. The lowest BCUT2D eigenvalue weighted by atomic mass is 9.80. The van der Waals surface area contributed by atoms with Gasteiger partial charge in [-0.3, -0.25) is 0 Å². The Bertz CT molecular complexity index is 1040. The van der Waals surface area contributed by atoms with Crippen molar-refractivity contribution in [3.63, 3.8) is 0 Å². The minimum Gasteiger partial charge on any atom is -0.497 e. The molecule has 0 aliphatic carbocycles. The van der Waals surface area contributed by atoms with Gasteiger partial charge in [0.05, 0.1) is 14.2 Å². The molecule has 0 unspecified atom stereocenters. The molecule has 140 valence electrons. The van der Waals surface area contributed by atoms with E-state index in [1.165, 1.54) is 0 Å². The highest BCUT2D eigenvalue weighted by molar-refractivity contribution is 5.83. The largest absolute Gasteiger partial charge is 0.497 e. The van der Waals surface area contributed by atoms with Crippen LogP contribution in [0.2, 0.25) is 0 Å². The standard InChI is InChI=1S/C25H22O3/c1-27-23-13-9-20(10-14-23)25(26,21-11-15-24(28-2)16-12-21)22-8-7-18-5-3-4-6-19(18)17-22/h3-17,26H,1-2H3. The topological polar surface area (TPSA) is 38.7 Å². The lowest BCUT2D eigenvalue weighted by Gasteiger charge is -2.30. The van der Waals surface area contributed by atoms with Gasteiger partial charge in [-0.25, -0.2) is 0 Å². The second kappa shape index (κ2) is 7.37. The molecule has 0 aromatic heterocycles. The monoisotopic (exact) mass is 370 g/mol. The molecule has 0 atom stereocenters. The highest BCUT2D eigenvalue weighted by Crippen LogP contribution is 2.39. The number of ether oxygens (including phenoxy) is 2.